The number of aliphatic hydroxyl groups excluding tert-OH is 2. The lowest BCUT2D eigenvalue weighted by Gasteiger charge is -2.59. The van der Waals surface area contributed by atoms with Crippen LogP contribution in [0, 0.1) is 17.8 Å². The van der Waals surface area contributed by atoms with Gasteiger partial charge in [-0.1, -0.05) is 30.1 Å². The van der Waals surface area contributed by atoms with E-state index >= 15 is 0 Å². The van der Waals surface area contributed by atoms with E-state index in [-0.39, 0.29) is 56.5 Å². The van der Waals surface area contributed by atoms with E-state index in [0.717, 1.165) is 55.9 Å². The normalized spacial score (nSPS) is 26.6. The number of allylic oxidation sites excluding steroid dienone is 1. The van der Waals surface area contributed by atoms with Gasteiger partial charge in [0.2, 0.25) is 12.1 Å². The Bertz CT molecular complexity index is 1780. The van der Waals surface area contributed by atoms with Crippen LogP contribution in [0.5, 0.6) is 23.0 Å². The van der Waals surface area contributed by atoms with E-state index < -0.39 is 30.1 Å². The smallest absolute Gasteiger partial charge is 0.410 e. The number of carbonyl (C=O) groups is 2. The first kappa shape index (κ1) is 43.4. The lowest BCUT2D eigenvalue weighted by Crippen LogP contribution is -2.69. The molecule has 2 N–H and O–H groups in total. The summed E-state index contributed by atoms with van der Waals surface area (Å²) in [4.78, 5) is 33.3. The van der Waals surface area contributed by atoms with E-state index in [1.54, 1.807) is 31.3 Å². The highest BCUT2D eigenvalue weighted by Gasteiger charge is 2.65. The number of hydrogen-bond acceptors (Lipinski definition) is 12. The number of benzene rings is 2. The number of carbonyl (C=O) groups excluding carboxylic acids is 2. The minimum absolute atomic E-state index is 0.0161. The zero-order chi connectivity index (χ0) is 41.1. The van der Waals surface area contributed by atoms with Gasteiger partial charge in [-0.15, -0.1) is 18.2 Å². The van der Waals surface area contributed by atoms with E-state index in [0.29, 0.717) is 60.1 Å². The second-order valence-corrected chi connectivity index (χ2v) is 15.6. The van der Waals surface area contributed by atoms with Gasteiger partial charge in [-0.2, -0.15) is 0 Å². The summed E-state index contributed by atoms with van der Waals surface area (Å²) in [5, 5.41) is 24.6. The Kier molecular flexibility index (Phi) is 15.5. The molecule has 2 aliphatic carbocycles. The third-order valence-corrected chi connectivity index (χ3v) is 11.8. The van der Waals surface area contributed by atoms with Gasteiger partial charge in [-0.3, -0.25) is 4.79 Å². The topological polar surface area (TPSA) is 155 Å². The fourth-order valence-corrected chi connectivity index (χ4v) is 9.14. The van der Waals surface area contributed by atoms with Crippen molar-refractivity contribution in [2.75, 3.05) is 53.1 Å². The molecule has 58 heavy (non-hydrogen) atoms. The molecule has 7 unspecified atom stereocenters. The number of oxime groups is 1. The minimum atomic E-state index is -1.44. The van der Waals surface area contributed by atoms with E-state index in [1.165, 1.54) is 12.0 Å². The quantitative estimate of drug-likeness (QED) is 0.0443. The van der Waals surface area contributed by atoms with Gasteiger partial charge in [0.15, 0.2) is 6.29 Å². The first-order valence-corrected chi connectivity index (χ1v) is 21.0. The molecule has 4 aliphatic rings. The Morgan fingerprint density at radius 3 is 2.57 bits per heavy atom. The van der Waals surface area contributed by atoms with Crippen LogP contribution in [0.1, 0.15) is 86.0 Å². The van der Waals surface area contributed by atoms with E-state index in [9.17, 15) is 19.8 Å². The fraction of sp³-hybridized carbons (Fsp3) is 0.568. The summed E-state index contributed by atoms with van der Waals surface area (Å²) in [5.41, 5.74) is 2.81. The predicted molar refractivity (Wildman–Crippen MR) is 218 cm³/mol. The summed E-state index contributed by atoms with van der Waals surface area (Å²) in [6.07, 6.45) is 10.9. The molecule has 2 aliphatic heterocycles. The van der Waals surface area contributed by atoms with Gasteiger partial charge in [0, 0.05) is 44.6 Å². The number of methoxy groups -OCH3 is 1. The highest BCUT2D eigenvalue weighted by molar-refractivity contribution is 6.18. The van der Waals surface area contributed by atoms with E-state index in [2.05, 4.69) is 12.7 Å². The van der Waals surface area contributed by atoms with Crippen molar-refractivity contribution < 1.29 is 53.1 Å². The van der Waals surface area contributed by atoms with Crippen LogP contribution in [0.15, 0.2) is 65.9 Å². The van der Waals surface area contributed by atoms with Crippen molar-refractivity contribution in [3.8, 4) is 23.0 Å². The van der Waals surface area contributed by atoms with Gasteiger partial charge in [-0.05, 0) is 92.3 Å². The third kappa shape index (κ3) is 9.50. The van der Waals surface area contributed by atoms with Gasteiger partial charge in [0.05, 0.1) is 43.4 Å². The molecule has 7 atom stereocenters. The van der Waals surface area contributed by atoms with Gasteiger partial charge in [-0.25, -0.2) is 4.79 Å². The molecule has 316 valence electrons. The maximum Gasteiger partial charge on any atom is 0.410 e. The third-order valence-electron chi connectivity index (χ3n) is 11.7. The lowest BCUT2D eigenvalue weighted by molar-refractivity contribution is -0.254. The van der Waals surface area contributed by atoms with Crippen LogP contribution in [-0.4, -0.2) is 104 Å². The van der Waals surface area contributed by atoms with Crippen LogP contribution in [0.25, 0.3) is 0 Å². The Balaban J connectivity index is 1.55. The largest absolute Gasteiger partial charge is 0.496 e. The molecule has 2 fully saturated rings. The van der Waals surface area contributed by atoms with Crippen molar-refractivity contribution in [3.63, 3.8) is 0 Å². The average molecular weight is 825 g/mol. The minimum Gasteiger partial charge on any atom is -0.496 e. The molecule has 0 spiro atoms. The Labute approximate surface area is 345 Å². The number of alkyl halides is 1. The summed E-state index contributed by atoms with van der Waals surface area (Å²) in [6, 6.07) is 9.99. The number of unbranched alkanes of at least 4 members (excludes halogenated alkanes) is 2. The molecule has 13 nitrogen and oxygen atoms in total. The molecule has 2 heterocycles. The second-order valence-electron chi connectivity index (χ2n) is 15.2. The van der Waals surface area contributed by atoms with Gasteiger partial charge < -0.3 is 48.4 Å². The van der Waals surface area contributed by atoms with Crippen molar-refractivity contribution in [1.82, 2.24) is 4.90 Å². The first-order valence-electron chi connectivity index (χ1n) is 20.4. The number of hydrogen-bond donors (Lipinski definition) is 2. The Morgan fingerprint density at radius 2 is 1.86 bits per heavy atom. The Hall–Kier alpha value is -4.14. The monoisotopic (exact) mass is 824 g/mol. The second kappa shape index (κ2) is 20.7. The number of nitrogens with zero attached hydrogens (tertiary/aromatic N) is 2. The maximum absolute atomic E-state index is 13.8. The molecular weight excluding hydrogens is 768 g/mol. The number of likely N-dealkylation sites (N-methyl/N-ethyl adjacent to an activating group) is 1. The number of aliphatic hydroxyl groups is 2. The molecule has 1 amide bonds. The van der Waals surface area contributed by atoms with Crippen LogP contribution in [0.3, 0.4) is 0 Å². The molecule has 0 bridgehead atoms. The molecule has 2 aromatic rings. The zero-order valence-electron chi connectivity index (χ0n) is 33.5. The number of ether oxygens (including phenoxy) is 6. The van der Waals surface area contributed by atoms with Crippen molar-refractivity contribution in [1.29, 1.82) is 0 Å². The summed E-state index contributed by atoms with van der Waals surface area (Å²) < 4.78 is 37.3. The molecule has 14 heteroatoms. The zero-order valence-corrected chi connectivity index (χ0v) is 34.3. The van der Waals surface area contributed by atoms with Crippen LogP contribution in [-0.2, 0) is 19.0 Å². The van der Waals surface area contributed by atoms with Gasteiger partial charge in [0.25, 0.3) is 0 Å². The summed E-state index contributed by atoms with van der Waals surface area (Å²) in [5.74, 6) is -0.00451. The van der Waals surface area contributed by atoms with E-state index in [1.807, 2.05) is 18.2 Å². The predicted octanol–water partition coefficient (Wildman–Crippen LogP) is 7.77. The standard InChI is InChI=1S/C44H57ClN2O11/c1-4-21-55-44-39(47(2)43(51)54-23-18-45)27-36(46-58-40-13-7-10-22-53-40)34-25-29(11-5-8-19-48)33(12-6-9-20-49)41(42(34)44)35-26-32(15-17-38(35)57-44)56-31-14-16-37(52-3)30(24-31)28-50/h4,14-17,24-26,28-29,33,39-42,48-49H,1,5-13,18-23,27H2,2-3H3. The van der Waals surface area contributed by atoms with Gasteiger partial charge in [0.1, 0.15) is 35.6 Å². The lowest BCUT2D eigenvalue weighted by atomic mass is 9.55. The van der Waals surface area contributed by atoms with Crippen LogP contribution < -0.4 is 14.2 Å². The molecule has 6 rings (SSSR count). The van der Waals surface area contributed by atoms with Crippen LogP contribution in [0.2, 0.25) is 0 Å². The molecule has 0 aromatic heterocycles. The summed E-state index contributed by atoms with van der Waals surface area (Å²) in [6.45, 7) is 4.86. The van der Waals surface area contributed by atoms with Crippen molar-refractivity contribution in [2.24, 2.45) is 22.9 Å². The fourth-order valence-electron chi connectivity index (χ4n) is 9.07. The summed E-state index contributed by atoms with van der Waals surface area (Å²) in [7, 11) is 3.18. The number of fused-ring (bicyclic) bond motifs is 2. The highest BCUT2D eigenvalue weighted by atomic mass is 35.5. The number of rotatable bonds is 20. The van der Waals surface area contributed by atoms with Crippen molar-refractivity contribution >= 4 is 29.7 Å². The van der Waals surface area contributed by atoms with E-state index in [4.69, 9.17) is 50.0 Å². The summed E-state index contributed by atoms with van der Waals surface area (Å²) >= 11 is 5.95. The molecular formula is C44H57ClN2O11. The van der Waals surface area contributed by atoms with Crippen molar-refractivity contribution in [2.45, 2.75) is 88.2 Å². The molecule has 2 aromatic carbocycles. The number of amides is 1. The Morgan fingerprint density at radius 1 is 1.09 bits per heavy atom. The van der Waals surface area contributed by atoms with Gasteiger partial charge >= 0.3 is 6.09 Å². The van der Waals surface area contributed by atoms with Crippen LogP contribution in [0.4, 0.5) is 4.79 Å². The molecule has 1 saturated carbocycles. The maximum atomic E-state index is 13.8. The molecule has 1 saturated heterocycles. The first-order chi connectivity index (χ1) is 28.3. The molecule has 0 radical (unpaired) electrons. The highest BCUT2D eigenvalue weighted by Crippen LogP contribution is 2.62. The SMILES string of the molecule is C=CCOC12Oc3ccc(Oc4ccc(OC)c(C=O)c4)cc3C3C(CCCCO)C(CCCCO)C=C(C(=NOC4CCCCO4)CC1N(C)C(=O)OCCCl)C32. The number of halogens is 1. The number of aldehydes is 1. The van der Waals surface area contributed by atoms with Crippen molar-refractivity contribution in [3.05, 3.63) is 71.8 Å². The van der Waals surface area contributed by atoms with Crippen LogP contribution >= 0.6 is 11.6 Å². The average Bonchev–Trinajstić information content (AvgIpc) is 3.25.